The molecule has 3 nitrogen and oxygen atoms in total. The largest absolute Gasteiger partial charge is 0.375 e. The Kier molecular flexibility index (Phi) is 4.70. The molecule has 0 bridgehead atoms. The smallest absolute Gasteiger partial charge is 0.251 e. The molecule has 1 amide bonds. The van der Waals surface area contributed by atoms with Crippen molar-refractivity contribution < 1.29 is 9.53 Å². The van der Waals surface area contributed by atoms with Crippen molar-refractivity contribution in [3.63, 3.8) is 0 Å². The lowest BCUT2D eigenvalue weighted by atomic mass is 10.1. The summed E-state index contributed by atoms with van der Waals surface area (Å²) in [6.45, 7) is 0.453. The van der Waals surface area contributed by atoms with E-state index in [-0.39, 0.29) is 12.0 Å². The molecule has 0 spiro atoms. The van der Waals surface area contributed by atoms with E-state index in [1.54, 1.807) is 19.2 Å². The van der Waals surface area contributed by atoms with Crippen LogP contribution in [0.3, 0.4) is 0 Å². The highest BCUT2D eigenvalue weighted by Gasteiger charge is 2.12. The average molecular weight is 255 g/mol. The van der Waals surface area contributed by atoms with Crippen molar-refractivity contribution in [1.29, 1.82) is 0 Å². The molecule has 0 aliphatic heterocycles. The summed E-state index contributed by atoms with van der Waals surface area (Å²) in [5, 5.41) is 2.88. The van der Waals surface area contributed by atoms with Gasteiger partial charge >= 0.3 is 0 Å². The first kappa shape index (κ1) is 13.3. The lowest BCUT2D eigenvalue weighted by molar-refractivity contribution is 0.0828. The van der Waals surface area contributed by atoms with Crippen LogP contribution >= 0.6 is 0 Å². The molecular formula is C16H17NO2. The van der Waals surface area contributed by atoms with Gasteiger partial charge in [-0.3, -0.25) is 4.79 Å². The van der Waals surface area contributed by atoms with Gasteiger partial charge in [-0.2, -0.15) is 0 Å². The number of carbonyl (C=O) groups excluding carboxylic acids is 1. The van der Waals surface area contributed by atoms with Crippen molar-refractivity contribution in [2.75, 3.05) is 13.7 Å². The van der Waals surface area contributed by atoms with Crippen LogP contribution in [0.25, 0.3) is 0 Å². The fourth-order valence-corrected chi connectivity index (χ4v) is 1.88. The van der Waals surface area contributed by atoms with Gasteiger partial charge in [-0.15, -0.1) is 0 Å². The minimum atomic E-state index is -0.131. The Morgan fingerprint density at radius 3 is 2.21 bits per heavy atom. The van der Waals surface area contributed by atoms with Gasteiger partial charge in [0.25, 0.3) is 5.91 Å². The Bertz CT molecular complexity index is 511. The first-order valence-electron chi connectivity index (χ1n) is 6.22. The monoisotopic (exact) mass is 255 g/mol. The van der Waals surface area contributed by atoms with E-state index in [1.807, 2.05) is 48.5 Å². The number of methoxy groups -OCH3 is 1. The van der Waals surface area contributed by atoms with Crippen molar-refractivity contribution in [3.05, 3.63) is 71.8 Å². The van der Waals surface area contributed by atoms with Crippen LogP contribution in [0.15, 0.2) is 60.7 Å². The summed E-state index contributed by atoms with van der Waals surface area (Å²) < 4.78 is 5.41. The fraction of sp³-hybridized carbons (Fsp3) is 0.188. The van der Waals surface area contributed by atoms with Gasteiger partial charge in [-0.25, -0.2) is 0 Å². The fourth-order valence-electron chi connectivity index (χ4n) is 1.88. The van der Waals surface area contributed by atoms with Gasteiger partial charge in [-0.1, -0.05) is 48.5 Å². The van der Waals surface area contributed by atoms with Crippen molar-refractivity contribution in [2.45, 2.75) is 6.10 Å². The molecule has 0 radical (unpaired) electrons. The Hall–Kier alpha value is -2.13. The van der Waals surface area contributed by atoms with Crippen LogP contribution in [0, 0.1) is 0 Å². The maximum atomic E-state index is 11.9. The lowest BCUT2D eigenvalue weighted by Gasteiger charge is -2.16. The van der Waals surface area contributed by atoms with Crippen molar-refractivity contribution >= 4 is 5.91 Å². The minimum absolute atomic E-state index is 0.0846. The van der Waals surface area contributed by atoms with Crippen LogP contribution in [0.5, 0.6) is 0 Å². The molecule has 0 aromatic heterocycles. The molecule has 0 saturated carbocycles. The standard InChI is InChI=1S/C16H17NO2/c1-19-15(13-8-4-2-5-9-13)12-17-16(18)14-10-6-3-7-11-14/h2-11,15H,12H2,1H3,(H,17,18). The normalized spacial score (nSPS) is 11.8. The van der Waals surface area contributed by atoms with Crippen LogP contribution in [0.4, 0.5) is 0 Å². The van der Waals surface area contributed by atoms with Gasteiger partial charge in [0.05, 0.1) is 6.10 Å². The molecule has 2 aromatic rings. The van der Waals surface area contributed by atoms with E-state index in [0.717, 1.165) is 5.56 Å². The predicted molar refractivity (Wildman–Crippen MR) is 75.0 cm³/mol. The maximum Gasteiger partial charge on any atom is 0.251 e. The second-order valence-electron chi connectivity index (χ2n) is 4.21. The Balaban J connectivity index is 1.96. The zero-order chi connectivity index (χ0) is 13.5. The molecule has 1 N–H and O–H groups in total. The van der Waals surface area contributed by atoms with Crippen LogP contribution < -0.4 is 5.32 Å². The summed E-state index contributed by atoms with van der Waals surface area (Å²) in [5.41, 5.74) is 1.71. The second-order valence-corrected chi connectivity index (χ2v) is 4.21. The predicted octanol–water partition coefficient (Wildman–Crippen LogP) is 2.80. The Labute approximate surface area is 113 Å². The first-order chi connectivity index (χ1) is 9.31. The Morgan fingerprint density at radius 1 is 1.05 bits per heavy atom. The van der Waals surface area contributed by atoms with Gasteiger partial charge in [-0.05, 0) is 17.7 Å². The van der Waals surface area contributed by atoms with E-state index >= 15 is 0 Å². The molecular weight excluding hydrogens is 238 g/mol. The van der Waals surface area contributed by atoms with Crippen LogP contribution in [-0.2, 0) is 4.74 Å². The zero-order valence-electron chi connectivity index (χ0n) is 10.9. The summed E-state index contributed by atoms with van der Waals surface area (Å²) in [5.74, 6) is -0.0846. The number of benzene rings is 2. The number of rotatable bonds is 5. The summed E-state index contributed by atoms with van der Waals surface area (Å²) in [7, 11) is 1.65. The molecule has 0 aliphatic carbocycles. The van der Waals surface area contributed by atoms with E-state index in [0.29, 0.717) is 12.1 Å². The molecule has 0 heterocycles. The summed E-state index contributed by atoms with van der Waals surface area (Å²) >= 11 is 0. The van der Waals surface area contributed by atoms with Gasteiger partial charge in [0, 0.05) is 19.2 Å². The minimum Gasteiger partial charge on any atom is -0.375 e. The molecule has 2 aromatic carbocycles. The van der Waals surface area contributed by atoms with Gasteiger partial charge in [0.15, 0.2) is 0 Å². The molecule has 19 heavy (non-hydrogen) atoms. The second kappa shape index (κ2) is 6.71. The molecule has 1 unspecified atom stereocenters. The van der Waals surface area contributed by atoms with E-state index in [4.69, 9.17) is 4.74 Å². The highest BCUT2D eigenvalue weighted by molar-refractivity contribution is 5.94. The molecule has 98 valence electrons. The number of carbonyl (C=O) groups is 1. The third-order valence-electron chi connectivity index (χ3n) is 2.94. The van der Waals surface area contributed by atoms with Crippen molar-refractivity contribution in [2.24, 2.45) is 0 Å². The molecule has 0 aliphatic rings. The van der Waals surface area contributed by atoms with E-state index < -0.39 is 0 Å². The highest BCUT2D eigenvalue weighted by atomic mass is 16.5. The average Bonchev–Trinajstić information content (AvgIpc) is 2.49. The van der Waals surface area contributed by atoms with Crippen molar-refractivity contribution in [3.8, 4) is 0 Å². The third kappa shape index (κ3) is 3.66. The number of nitrogens with one attached hydrogen (secondary N) is 1. The summed E-state index contributed by atoms with van der Waals surface area (Å²) in [6, 6.07) is 19.0. The first-order valence-corrected chi connectivity index (χ1v) is 6.22. The molecule has 2 rings (SSSR count). The number of hydrogen-bond donors (Lipinski definition) is 1. The number of hydrogen-bond acceptors (Lipinski definition) is 2. The highest BCUT2D eigenvalue weighted by Crippen LogP contribution is 2.15. The SMILES string of the molecule is COC(CNC(=O)c1ccccc1)c1ccccc1. The molecule has 0 fully saturated rings. The van der Waals surface area contributed by atoms with Gasteiger partial charge < -0.3 is 10.1 Å². The van der Waals surface area contributed by atoms with Crippen LogP contribution in [0.2, 0.25) is 0 Å². The maximum absolute atomic E-state index is 11.9. The molecule has 0 saturated heterocycles. The number of ether oxygens (including phenoxy) is 1. The third-order valence-corrected chi connectivity index (χ3v) is 2.94. The van der Waals surface area contributed by atoms with Crippen molar-refractivity contribution in [1.82, 2.24) is 5.32 Å². The summed E-state index contributed by atoms with van der Waals surface area (Å²) in [4.78, 5) is 11.9. The van der Waals surface area contributed by atoms with E-state index in [1.165, 1.54) is 0 Å². The Morgan fingerprint density at radius 2 is 1.63 bits per heavy atom. The number of amides is 1. The van der Waals surface area contributed by atoms with Gasteiger partial charge in [0.2, 0.25) is 0 Å². The molecule has 3 heteroatoms. The van der Waals surface area contributed by atoms with E-state index in [9.17, 15) is 4.79 Å². The molecule has 1 atom stereocenters. The summed E-state index contributed by atoms with van der Waals surface area (Å²) in [6.07, 6.45) is -0.131. The lowest BCUT2D eigenvalue weighted by Crippen LogP contribution is -2.29. The van der Waals surface area contributed by atoms with Crippen LogP contribution in [0.1, 0.15) is 22.0 Å². The van der Waals surface area contributed by atoms with Gasteiger partial charge in [0.1, 0.15) is 0 Å². The zero-order valence-corrected chi connectivity index (χ0v) is 10.9. The van der Waals surface area contributed by atoms with Crippen LogP contribution in [-0.4, -0.2) is 19.6 Å². The van der Waals surface area contributed by atoms with E-state index in [2.05, 4.69) is 5.32 Å². The quantitative estimate of drug-likeness (QED) is 0.892. The topological polar surface area (TPSA) is 38.3 Å².